The summed E-state index contributed by atoms with van der Waals surface area (Å²) in [6.07, 6.45) is 3.14. The third-order valence-corrected chi connectivity index (χ3v) is 8.61. The van der Waals surface area contributed by atoms with E-state index in [1.807, 2.05) is 63.2 Å². The number of hydrogen-bond acceptors (Lipinski definition) is 5. The van der Waals surface area contributed by atoms with E-state index in [1.165, 1.54) is 11.1 Å². The lowest BCUT2D eigenvalue weighted by Crippen LogP contribution is -2.32. The first kappa shape index (κ1) is 35.9. The van der Waals surface area contributed by atoms with Gasteiger partial charge in [-0.2, -0.15) is 0 Å². The molecule has 4 rings (SSSR count). The minimum Gasteiger partial charge on any atom is -0.478 e. The van der Waals surface area contributed by atoms with Crippen molar-refractivity contribution in [2.24, 2.45) is 5.41 Å². The van der Waals surface area contributed by atoms with Crippen LogP contribution in [0.15, 0.2) is 103 Å². The molecule has 0 aromatic heterocycles. The molecule has 0 spiro atoms. The average Bonchev–Trinajstić information content (AvgIpc) is 3.06. The number of halogens is 1. The Hall–Kier alpha value is -3.97. The van der Waals surface area contributed by atoms with Gasteiger partial charge in [0.1, 0.15) is 0 Å². The van der Waals surface area contributed by atoms with E-state index in [0.29, 0.717) is 44.3 Å². The molecule has 0 heterocycles. The number of hydrogen-bond donors (Lipinski definition) is 1. The lowest BCUT2D eigenvalue weighted by atomic mass is 9.88. The fourth-order valence-electron chi connectivity index (χ4n) is 5.55. The van der Waals surface area contributed by atoms with Gasteiger partial charge in [-0.05, 0) is 105 Å². The van der Waals surface area contributed by atoms with Crippen LogP contribution in [0.5, 0.6) is 0 Å². The fourth-order valence-corrected chi connectivity index (χ4v) is 5.75. The van der Waals surface area contributed by atoms with E-state index >= 15 is 0 Å². The highest BCUT2D eigenvalue weighted by Gasteiger charge is 2.29. The summed E-state index contributed by atoms with van der Waals surface area (Å²) in [4.78, 5) is 26.3. The molecule has 1 unspecified atom stereocenters. The smallest absolute Gasteiger partial charge is 0.335 e. The number of carbonyl (C=O) groups is 2. The highest BCUT2D eigenvalue weighted by molar-refractivity contribution is 6.30. The number of aryl methyl sites for hydroxylation is 2. The summed E-state index contributed by atoms with van der Waals surface area (Å²) in [5, 5.41) is 10.0. The molecule has 7 heteroatoms. The number of esters is 1. The lowest BCUT2D eigenvalue weighted by molar-refractivity contribution is -0.153. The van der Waals surface area contributed by atoms with Gasteiger partial charge in [0.05, 0.1) is 30.3 Å². The van der Waals surface area contributed by atoms with Gasteiger partial charge in [-0.3, -0.25) is 9.69 Å². The van der Waals surface area contributed by atoms with Crippen LogP contribution in [0.25, 0.3) is 0 Å². The molecule has 0 aliphatic heterocycles. The lowest BCUT2D eigenvalue weighted by Gasteiger charge is -2.30. The Morgan fingerprint density at radius 2 is 1.47 bits per heavy atom. The summed E-state index contributed by atoms with van der Waals surface area (Å²) < 4.78 is 11.9. The Morgan fingerprint density at radius 1 is 0.830 bits per heavy atom. The molecule has 0 aliphatic rings. The van der Waals surface area contributed by atoms with Crippen LogP contribution in [0.1, 0.15) is 77.9 Å². The molecular weight excluding hydrogens is 610 g/mol. The molecule has 0 aliphatic carbocycles. The van der Waals surface area contributed by atoms with Gasteiger partial charge in [-0.25, -0.2) is 4.79 Å². The number of carboxylic acids is 1. The number of nitrogens with zero attached hydrogens (tertiary/aromatic N) is 1. The molecule has 0 saturated carbocycles. The number of aromatic carboxylic acids is 1. The molecule has 4 aromatic rings. The third-order valence-electron chi connectivity index (χ3n) is 8.38. The number of rotatable bonds is 18. The second-order valence-corrected chi connectivity index (χ2v) is 13.0. The molecule has 1 atom stereocenters. The van der Waals surface area contributed by atoms with Gasteiger partial charge in [0, 0.05) is 18.1 Å². The van der Waals surface area contributed by atoms with E-state index < -0.39 is 11.4 Å². The summed E-state index contributed by atoms with van der Waals surface area (Å²) in [6, 6.07) is 33.9. The molecule has 6 nitrogen and oxygen atoms in total. The van der Waals surface area contributed by atoms with E-state index in [4.69, 9.17) is 21.1 Å². The maximum atomic E-state index is 12.5. The van der Waals surface area contributed by atoms with Crippen molar-refractivity contribution in [1.82, 2.24) is 4.90 Å². The van der Waals surface area contributed by atoms with E-state index in [0.717, 1.165) is 36.0 Å². The summed E-state index contributed by atoms with van der Waals surface area (Å²) in [5.74, 6) is -1.14. The zero-order chi connectivity index (χ0) is 33.6. The molecule has 0 amide bonds. The average molecular weight is 656 g/mol. The molecule has 0 radical (unpaired) electrons. The van der Waals surface area contributed by atoms with Gasteiger partial charge in [-0.15, -0.1) is 0 Å². The third kappa shape index (κ3) is 11.7. The van der Waals surface area contributed by atoms with Crippen LogP contribution < -0.4 is 0 Å². The highest BCUT2D eigenvalue weighted by Crippen LogP contribution is 2.27. The minimum absolute atomic E-state index is 0.193. The van der Waals surface area contributed by atoms with Crippen LogP contribution in [0.4, 0.5) is 0 Å². The standard InChI is InChI=1S/C40H46ClNO5/c1-4-46-39(45)40(2,3)24-9-25-42(27-32-20-22-34(23-21-32)38(43)44)28-37(35-12-8-13-36(41)26-35)47-29-33-18-16-31(17-19-33)15-14-30-10-6-5-7-11-30/h5-8,10-13,16-23,26,37H,4,9,14-15,24-25,27-29H2,1-3H3,(H,43,44). The van der Waals surface area contributed by atoms with Crippen molar-refractivity contribution < 1.29 is 24.2 Å². The van der Waals surface area contributed by atoms with Crippen molar-refractivity contribution >= 4 is 23.5 Å². The highest BCUT2D eigenvalue weighted by atomic mass is 35.5. The Labute approximate surface area is 284 Å². The second-order valence-electron chi connectivity index (χ2n) is 12.6. The zero-order valence-electron chi connectivity index (χ0n) is 27.7. The van der Waals surface area contributed by atoms with Crippen molar-refractivity contribution in [3.63, 3.8) is 0 Å². The number of benzene rings is 4. The predicted octanol–water partition coefficient (Wildman–Crippen LogP) is 8.95. The SMILES string of the molecule is CCOC(=O)C(C)(C)CCCN(Cc1ccc(C(=O)O)cc1)CC(OCc1ccc(CCc2ccccc2)cc1)c1cccc(Cl)c1. The first-order chi connectivity index (χ1) is 22.6. The molecule has 0 bridgehead atoms. The van der Waals surface area contributed by atoms with Crippen molar-refractivity contribution in [3.8, 4) is 0 Å². The molecule has 1 N–H and O–H groups in total. The van der Waals surface area contributed by atoms with Crippen LogP contribution in [-0.4, -0.2) is 41.6 Å². The van der Waals surface area contributed by atoms with E-state index in [2.05, 4.69) is 53.4 Å². The molecule has 0 saturated heterocycles. The van der Waals surface area contributed by atoms with Gasteiger partial charge < -0.3 is 14.6 Å². The quantitative estimate of drug-likeness (QED) is 0.108. The van der Waals surface area contributed by atoms with Crippen molar-refractivity contribution in [1.29, 1.82) is 0 Å². The molecule has 47 heavy (non-hydrogen) atoms. The second kappa shape index (κ2) is 17.8. The number of carbonyl (C=O) groups excluding carboxylic acids is 1. The van der Waals surface area contributed by atoms with Crippen molar-refractivity contribution in [3.05, 3.63) is 142 Å². The van der Waals surface area contributed by atoms with Crippen LogP contribution in [-0.2, 0) is 40.3 Å². The van der Waals surface area contributed by atoms with Gasteiger partial charge >= 0.3 is 11.9 Å². The Morgan fingerprint density at radius 3 is 2.11 bits per heavy atom. The maximum Gasteiger partial charge on any atom is 0.335 e. The van der Waals surface area contributed by atoms with Gasteiger partial charge in [0.15, 0.2) is 0 Å². The maximum absolute atomic E-state index is 12.5. The first-order valence-electron chi connectivity index (χ1n) is 16.3. The Balaban J connectivity index is 1.48. The summed E-state index contributed by atoms with van der Waals surface area (Å²) in [6.45, 7) is 8.34. The normalized spacial score (nSPS) is 12.2. The fraction of sp³-hybridized carbons (Fsp3) is 0.350. The first-order valence-corrected chi connectivity index (χ1v) is 16.7. The van der Waals surface area contributed by atoms with Gasteiger partial charge in [-0.1, -0.05) is 90.5 Å². The topological polar surface area (TPSA) is 76.1 Å². The van der Waals surface area contributed by atoms with Gasteiger partial charge in [0.2, 0.25) is 0 Å². The van der Waals surface area contributed by atoms with Gasteiger partial charge in [0.25, 0.3) is 0 Å². The molecular formula is C40H46ClNO5. The Bertz CT molecular complexity index is 1550. The zero-order valence-corrected chi connectivity index (χ0v) is 28.4. The predicted molar refractivity (Wildman–Crippen MR) is 188 cm³/mol. The summed E-state index contributed by atoms with van der Waals surface area (Å²) in [5.41, 5.74) is 5.34. The van der Waals surface area contributed by atoms with E-state index in [1.54, 1.807) is 12.1 Å². The minimum atomic E-state index is -0.951. The Kier molecular flexibility index (Phi) is 13.6. The van der Waals surface area contributed by atoms with Crippen molar-refractivity contribution in [2.75, 3.05) is 19.7 Å². The molecule has 248 valence electrons. The summed E-state index contributed by atoms with van der Waals surface area (Å²) in [7, 11) is 0. The largest absolute Gasteiger partial charge is 0.478 e. The molecule has 0 fully saturated rings. The van der Waals surface area contributed by atoms with Crippen molar-refractivity contribution in [2.45, 2.75) is 65.7 Å². The van der Waals surface area contributed by atoms with Crippen LogP contribution >= 0.6 is 11.6 Å². The monoisotopic (exact) mass is 655 g/mol. The van der Waals surface area contributed by atoms with E-state index in [9.17, 15) is 14.7 Å². The molecule has 4 aromatic carbocycles. The summed E-state index contributed by atoms with van der Waals surface area (Å²) >= 11 is 6.43. The van der Waals surface area contributed by atoms with E-state index in [-0.39, 0.29) is 17.6 Å². The van der Waals surface area contributed by atoms with Crippen LogP contribution in [0.3, 0.4) is 0 Å². The van der Waals surface area contributed by atoms with Crippen LogP contribution in [0, 0.1) is 5.41 Å². The number of ether oxygens (including phenoxy) is 2. The van der Waals surface area contributed by atoms with Crippen LogP contribution in [0.2, 0.25) is 5.02 Å². The number of carboxylic acid groups (broad SMARTS) is 1.